The van der Waals surface area contributed by atoms with E-state index in [4.69, 9.17) is 4.74 Å². The Hall–Kier alpha value is -2.61. The summed E-state index contributed by atoms with van der Waals surface area (Å²) in [5.74, 6) is 0.173. The van der Waals surface area contributed by atoms with Crippen LogP contribution in [0, 0.1) is 6.92 Å². The van der Waals surface area contributed by atoms with Crippen LogP contribution in [0.2, 0.25) is 0 Å². The molecule has 0 atom stereocenters. The van der Waals surface area contributed by atoms with Crippen LogP contribution in [0.15, 0.2) is 61.2 Å². The summed E-state index contributed by atoms with van der Waals surface area (Å²) >= 11 is 0. The van der Waals surface area contributed by atoms with Crippen molar-refractivity contribution < 1.29 is 9.53 Å². The van der Waals surface area contributed by atoms with Gasteiger partial charge in [-0.2, -0.15) is 0 Å². The lowest BCUT2D eigenvalue weighted by molar-refractivity contribution is -0.128. The van der Waals surface area contributed by atoms with Crippen LogP contribution in [0.25, 0.3) is 21.5 Å². The highest BCUT2D eigenvalue weighted by atomic mass is 16.5. The number of esters is 1. The first-order valence-electron chi connectivity index (χ1n) is 6.45. The molecule has 3 aromatic rings. The zero-order valence-corrected chi connectivity index (χ0v) is 11.2. The van der Waals surface area contributed by atoms with Gasteiger partial charge in [0.1, 0.15) is 5.75 Å². The molecule has 0 aliphatic rings. The number of ether oxygens (including phenoxy) is 1. The van der Waals surface area contributed by atoms with Crippen molar-refractivity contribution in [1.82, 2.24) is 0 Å². The molecule has 0 aliphatic carbocycles. The Morgan fingerprint density at radius 1 is 1.05 bits per heavy atom. The fraction of sp³-hybridized carbons (Fsp3) is 0.0556. The zero-order chi connectivity index (χ0) is 14.1. The normalized spacial score (nSPS) is 10.7. The molecular formula is C18H14O2. The molecule has 0 N–H and O–H groups in total. The smallest absolute Gasteiger partial charge is 0.335 e. The van der Waals surface area contributed by atoms with Crippen molar-refractivity contribution >= 4 is 27.5 Å². The minimum atomic E-state index is -0.436. The number of carbonyl (C=O) groups excluding carboxylic acids is 1. The first kappa shape index (κ1) is 12.4. The number of fused-ring (bicyclic) bond motifs is 2. The zero-order valence-electron chi connectivity index (χ0n) is 11.2. The van der Waals surface area contributed by atoms with Crippen molar-refractivity contribution in [3.63, 3.8) is 0 Å². The van der Waals surface area contributed by atoms with Crippen molar-refractivity contribution in [1.29, 1.82) is 0 Å². The van der Waals surface area contributed by atoms with Crippen LogP contribution in [0.3, 0.4) is 0 Å². The van der Waals surface area contributed by atoms with E-state index in [0.717, 1.165) is 21.7 Å². The highest BCUT2D eigenvalue weighted by Crippen LogP contribution is 2.32. The Morgan fingerprint density at radius 2 is 1.75 bits per heavy atom. The average molecular weight is 262 g/mol. The molecule has 0 spiro atoms. The summed E-state index contributed by atoms with van der Waals surface area (Å²) in [4.78, 5) is 11.5. The molecule has 0 fully saturated rings. The van der Waals surface area contributed by atoms with Gasteiger partial charge in [-0.25, -0.2) is 4.79 Å². The van der Waals surface area contributed by atoms with Gasteiger partial charge in [-0.3, -0.25) is 0 Å². The Kier molecular flexibility index (Phi) is 2.99. The maximum absolute atomic E-state index is 11.5. The highest BCUT2D eigenvalue weighted by Gasteiger charge is 2.10. The van der Waals surface area contributed by atoms with Gasteiger partial charge in [-0.1, -0.05) is 43.0 Å². The van der Waals surface area contributed by atoms with Gasteiger partial charge in [0, 0.05) is 11.5 Å². The van der Waals surface area contributed by atoms with Crippen molar-refractivity contribution in [2.75, 3.05) is 0 Å². The van der Waals surface area contributed by atoms with Crippen LogP contribution in [-0.4, -0.2) is 5.97 Å². The van der Waals surface area contributed by atoms with E-state index in [1.807, 2.05) is 31.2 Å². The quantitative estimate of drug-likeness (QED) is 0.296. The van der Waals surface area contributed by atoms with Crippen molar-refractivity contribution in [3.05, 3.63) is 66.7 Å². The Morgan fingerprint density at radius 3 is 2.45 bits per heavy atom. The van der Waals surface area contributed by atoms with Gasteiger partial charge in [0.2, 0.25) is 0 Å². The van der Waals surface area contributed by atoms with Crippen molar-refractivity contribution in [3.8, 4) is 5.75 Å². The predicted molar refractivity (Wildman–Crippen MR) is 82.0 cm³/mol. The van der Waals surface area contributed by atoms with Crippen LogP contribution in [0.5, 0.6) is 5.75 Å². The lowest BCUT2D eigenvalue weighted by atomic mass is 10.0. The van der Waals surface area contributed by atoms with E-state index in [-0.39, 0.29) is 0 Å². The molecule has 0 aromatic heterocycles. The molecule has 0 saturated carbocycles. The Labute approximate surface area is 117 Å². The summed E-state index contributed by atoms with van der Waals surface area (Å²) in [6.07, 6.45) is 1.18. The van der Waals surface area contributed by atoms with E-state index < -0.39 is 5.97 Å². The second-order valence-corrected chi connectivity index (χ2v) is 4.76. The fourth-order valence-corrected chi connectivity index (χ4v) is 2.37. The van der Waals surface area contributed by atoms with Gasteiger partial charge in [0.15, 0.2) is 0 Å². The molecule has 20 heavy (non-hydrogen) atoms. The summed E-state index contributed by atoms with van der Waals surface area (Å²) < 4.78 is 5.40. The van der Waals surface area contributed by atoms with Gasteiger partial charge < -0.3 is 4.74 Å². The lowest BCUT2D eigenvalue weighted by Crippen LogP contribution is -2.04. The van der Waals surface area contributed by atoms with Crippen LogP contribution in [0.4, 0.5) is 0 Å². The minimum Gasteiger partial charge on any atom is -0.422 e. The van der Waals surface area contributed by atoms with E-state index in [1.54, 1.807) is 0 Å². The van der Waals surface area contributed by atoms with Gasteiger partial charge in [-0.05, 0) is 40.8 Å². The Bertz CT molecular complexity index is 831. The average Bonchev–Trinajstić information content (AvgIpc) is 2.48. The molecule has 0 radical (unpaired) electrons. The SMILES string of the molecule is C=CC(=O)Oc1c(C)ccc2cc3ccccc3cc12. The number of hydrogen-bond donors (Lipinski definition) is 0. The molecule has 0 unspecified atom stereocenters. The molecule has 0 saturated heterocycles. The number of carbonyl (C=O) groups is 1. The Balaban J connectivity index is 2.31. The van der Waals surface area contributed by atoms with Crippen LogP contribution >= 0.6 is 0 Å². The predicted octanol–water partition coefficient (Wildman–Crippen LogP) is 4.39. The number of aryl methyl sites for hydroxylation is 1. The monoisotopic (exact) mass is 262 g/mol. The van der Waals surface area contributed by atoms with E-state index in [1.165, 1.54) is 11.5 Å². The van der Waals surface area contributed by atoms with Gasteiger partial charge in [0.25, 0.3) is 0 Å². The maximum atomic E-state index is 11.5. The maximum Gasteiger partial charge on any atom is 0.335 e. The second kappa shape index (κ2) is 4.82. The second-order valence-electron chi connectivity index (χ2n) is 4.76. The summed E-state index contributed by atoms with van der Waals surface area (Å²) in [7, 11) is 0. The third-order valence-electron chi connectivity index (χ3n) is 3.40. The molecule has 3 rings (SSSR count). The molecule has 0 bridgehead atoms. The molecule has 98 valence electrons. The molecule has 2 heteroatoms. The van der Waals surface area contributed by atoms with Crippen LogP contribution in [-0.2, 0) is 4.79 Å². The standard InChI is InChI=1S/C18H14O2/c1-3-17(19)20-18-12(2)8-9-15-10-13-6-4-5-7-14(13)11-16(15)18/h3-11H,1H2,2H3. The largest absolute Gasteiger partial charge is 0.422 e. The third-order valence-corrected chi connectivity index (χ3v) is 3.40. The highest BCUT2D eigenvalue weighted by molar-refractivity contribution is 6.02. The van der Waals surface area contributed by atoms with Crippen LogP contribution < -0.4 is 4.74 Å². The topological polar surface area (TPSA) is 26.3 Å². The number of benzene rings is 3. The number of rotatable bonds is 2. The van der Waals surface area contributed by atoms with Crippen molar-refractivity contribution in [2.24, 2.45) is 0 Å². The minimum absolute atomic E-state index is 0.436. The van der Waals surface area contributed by atoms with E-state index in [0.29, 0.717) is 5.75 Å². The molecule has 0 aliphatic heterocycles. The van der Waals surface area contributed by atoms with E-state index in [9.17, 15) is 4.79 Å². The summed E-state index contributed by atoms with van der Waals surface area (Å²) in [6, 6.07) is 16.3. The van der Waals surface area contributed by atoms with E-state index >= 15 is 0 Å². The molecule has 2 nitrogen and oxygen atoms in total. The summed E-state index contributed by atoms with van der Waals surface area (Å²) in [5.41, 5.74) is 0.933. The van der Waals surface area contributed by atoms with Crippen molar-refractivity contribution in [2.45, 2.75) is 6.92 Å². The van der Waals surface area contributed by atoms with Gasteiger partial charge >= 0.3 is 5.97 Å². The summed E-state index contributed by atoms with van der Waals surface area (Å²) in [5, 5.41) is 4.30. The third kappa shape index (κ3) is 2.05. The fourth-order valence-electron chi connectivity index (χ4n) is 2.37. The molecule has 3 aromatic carbocycles. The first-order chi connectivity index (χ1) is 9.69. The first-order valence-corrected chi connectivity index (χ1v) is 6.45. The van der Waals surface area contributed by atoms with E-state index in [2.05, 4.69) is 30.8 Å². The molecular weight excluding hydrogens is 248 g/mol. The molecule has 0 heterocycles. The van der Waals surface area contributed by atoms with Gasteiger partial charge in [-0.15, -0.1) is 0 Å². The lowest BCUT2D eigenvalue weighted by Gasteiger charge is -2.11. The number of hydrogen-bond acceptors (Lipinski definition) is 2. The summed E-state index contributed by atoms with van der Waals surface area (Å²) in [6.45, 7) is 5.37. The van der Waals surface area contributed by atoms with Gasteiger partial charge in [0.05, 0.1) is 0 Å². The van der Waals surface area contributed by atoms with Crippen LogP contribution in [0.1, 0.15) is 5.56 Å². The molecule has 0 amide bonds.